The van der Waals surface area contributed by atoms with E-state index in [-0.39, 0.29) is 27.9 Å². The third-order valence-corrected chi connectivity index (χ3v) is 9.59. The normalized spacial score (nSPS) is 11.7. The molecule has 10 rings (SSSR count). The van der Waals surface area contributed by atoms with Crippen LogP contribution in [0.25, 0.3) is 61.3 Å². The second kappa shape index (κ2) is 12.7. The number of imidazole rings is 1. The van der Waals surface area contributed by atoms with Crippen LogP contribution in [0.3, 0.4) is 0 Å². The molecular formula is C44H27BN4OPt. The fourth-order valence-electron chi connectivity index (χ4n) is 7.47. The van der Waals surface area contributed by atoms with Crippen molar-refractivity contribution in [3.8, 4) is 51.0 Å². The van der Waals surface area contributed by atoms with Gasteiger partial charge in [0.1, 0.15) is 5.82 Å². The van der Waals surface area contributed by atoms with Crippen LogP contribution >= 0.6 is 0 Å². The number of aromatic nitrogens is 4. The Balaban J connectivity index is 0.00000348. The summed E-state index contributed by atoms with van der Waals surface area (Å²) in [6, 6.07) is 59.5. The zero-order valence-corrected chi connectivity index (χ0v) is 29.5. The standard InChI is InChI=1S/C44H27BN4O.Pt/c1-2-14-31(15-3-1)45-39-21-8-6-18-35(39)34-17-4-5-20-38(34)44-43(47-29-48(44)45)30-13-12-16-32(27-30)50-33-24-25-37-36-19-7-9-22-40(36)49(41(37)28-33)42-23-10-11-26-46-42;/h1-26,29H;/q-2;+2. The molecule has 242 valence electrons. The first kappa shape index (κ1) is 31.0. The Morgan fingerprint density at radius 1 is 0.569 bits per heavy atom. The van der Waals surface area contributed by atoms with Crippen LogP contribution in [0.1, 0.15) is 0 Å². The molecule has 0 atom stereocenters. The average Bonchev–Trinajstić information content (AvgIpc) is 3.72. The number of pyridine rings is 1. The summed E-state index contributed by atoms with van der Waals surface area (Å²) in [5.41, 5.74) is 10.7. The Bertz CT molecular complexity index is 2700. The van der Waals surface area contributed by atoms with Crippen molar-refractivity contribution in [2.45, 2.75) is 0 Å². The van der Waals surface area contributed by atoms with Crippen molar-refractivity contribution in [2.24, 2.45) is 0 Å². The van der Waals surface area contributed by atoms with Crippen molar-refractivity contribution < 1.29 is 25.8 Å². The molecule has 1 aliphatic rings. The van der Waals surface area contributed by atoms with Gasteiger partial charge in [0.2, 0.25) is 0 Å². The third kappa shape index (κ3) is 5.14. The molecule has 1 aliphatic heterocycles. The smallest absolute Gasteiger partial charge is 0.503 e. The molecule has 0 bridgehead atoms. The van der Waals surface area contributed by atoms with E-state index in [0.717, 1.165) is 50.1 Å². The Kier molecular flexibility index (Phi) is 7.75. The molecule has 7 heteroatoms. The van der Waals surface area contributed by atoms with Crippen LogP contribution in [-0.2, 0) is 21.1 Å². The van der Waals surface area contributed by atoms with Crippen LogP contribution in [0.15, 0.2) is 164 Å². The number of benzene rings is 6. The zero-order valence-electron chi connectivity index (χ0n) is 27.2. The number of ether oxygens (including phenoxy) is 1. The molecule has 9 aromatic rings. The predicted molar refractivity (Wildman–Crippen MR) is 202 cm³/mol. The maximum atomic E-state index is 6.51. The molecule has 0 fully saturated rings. The molecule has 4 heterocycles. The van der Waals surface area contributed by atoms with Crippen LogP contribution in [-0.4, -0.2) is 25.9 Å². The molecule has 0 aliphatic carbocycles. The Hall–Kier alpha value is -5.97. The predicted octanol–water partition coefficient (Wildman–Crippen LogP) is 8.73. The molecule has 0 saturated carbocycles. The maximum Gasteiger partial charge on any atom is 2.00 e. The minimum atomic E-state index is -0.0531. The minimum Gasteiger partial charge on any atom is -0.503 e. The van der Waals surface area contributed by atoms with E-state index in [9.17, 15) is 0 Å². The SMILES string of the molecule is [Pt+2].[c-]1c(Oc2[c-]c3c(cc2)c2ccccc2n3-c2ccccn2)cccc1-c1ncn2c1-c1ccccc1-c1ccccc1B2c1ccccc1. The van der Waals surface area contributed by atoms with Gasteiger partial charge < -0.3 is 13.8 Å². The molecule has 0 radical (unpaired) electrons. The van der Waals surface area contributed by atoms with Crippen LogP contribution in [0.2, 0.25) is 0 Å². The molecule has 0 spiro atoms. The summed E-state index contributed by atoms with van der Waals surface area (Å²) >= 11 is 0. The van der Waals surface area contributed by atoms with E-state index >= 15 is 0 Å². The van der Waals surface area contributed by atoms with E-state index in [4.69, 9.17) is 9.72 Å². The van der Waals surface area contributed by atoms with E-state index in [1.165, 1.54) is 22.1 Å². The minimum absolute atomic E-state index is 0. The monoisotopic (exact) mass is 833 g/mol. The number of hydrogen-bond donors (Lipinski definition) is 0. The zero-order chi connectivity index (χ0) is 33.0. The van der Waals surface area contributed by atoms with Crippen molar-refractivity contribution in [3.05, 3.63) is 176 Å². The fraction of sp³-hybridized carbons (Fsp3) is 0. The second-order valence-electron chi connectivity index (χ2n) is 12.5. The van der Waals surface area contributed by atoms with Gasteiger partial charge in [0, 0.05) is 34.6 Å². The number of hydrogen-bond acceptors (Lipinski definition) is 3. The fourth-order valence-corrected chi connectivity index (χ4v) is 7.47. The van der Waals surface area contributed by atoms with Gasteiger partial charge in [0.15, 0.2) is 0 Å². The summed E-state index contributed by atoms with van der Waals surface area (Å²) in [6.45, 7) is -0.0531. The molecular weight excluding hydrogens is 806 g/mol. The van der Waals surface area contributed by atoms with Crippen LogP contribution in [0.4, 0.5) is 0 Å². The molecule has 0 N–H and O–H groups in total. The van der Waals surface area contributed by atoms with E-state index in [0.29, 0.717) is 11.5 Å². The molecule has 0 saturated heterocycles. The van der Waals surface area contributed by atoms with Crippen molar-refractivity contribution >= 4 is 39.6 Å². The summed E-state index contributed by atoms with van der Waals surface area (Å²) in [5.74, 6) is 2.02. The summed E-state index contributed by atoms with van der Waals surface area (Å²) in [7, 11) is 0. The second-order valence-corrected chi connectivity index (χ2v) is 12.5. The van der Waals surface area contributed by atoms with E-state index in [1.54, 1.807) is 0 Å². The van der Waals surface area contributed by atoms with Crippen molar-refractivity contribution in [1.29, 1.82) is 0 Å². The van der Waals surface area contributed by atoms with Gasteiger partial charge in [0.05, 0.1) is 6.33 Å². The van der Waals surface area contributed by atoms with Crippen molar-refractivity contribution in [3.63, 3.8) is 0 Å². The molecule has 6 aromatic carbocycles. The summed E-state index contributed by atoms with van der Waals surface area (Å²) in [6.07, 6.45) is 3.78. The quantitative estimate of drug-likeness (QED) is 0.129. The van der Waals surface area contributed by atoms with Gasteiger partial charge in [-0.25, -0.2) is 4.98 Å². The van der Waals surface area contributed by atoms with Crippen LogP contribution in [0.5, 0.6) is 11.5 Å². The molecule has 0 unspecified atom stereocenters. The summed E-state index contributed by atoms with van der Waals surface area (Å²) in [4.78, 5) is 9.73. The largest absolute Gasteiger partial charge is 2.00 e. The van der Waals surface area contributed by atoms with Gasteiger partial charge in [-0.05, 0) is 45.7 Å². The van der Waals surface area contributed by atoms with Crippen molar-refractivity contribution in [1.82, 2.24) is 19.0 Å². The first-order valence-electron chi connectivity index (χ1n) is 16.7. The molecule has 3 aromatic heterocycles. The first-order valence-corrected chi connectivity index (χ1v) is 16.7. The number of fused-ring (bicyclic) bond motifs is 8. The van der Waals surface area contributed by atoms with E-state index in [2.05, 4.69) is 135 Å². The Morgan fingerprint density at radius 3 is 2.18 bits per heavy atom. The molecule has 51 heavy (non-hydrogen) atoms. The van der Waals surface area contributed by atoms with Gasteiger partial charge in [0.25, 0.3) is 0 Å². The topological polar surface area (TPSA) is 44.9 Å². The van der Waals surface area contributed by atoms with Gasteiger partial charge in [-0.2, -0.15) is 6.07 Å². The average molecular weight is 834 g/mol. The van der Waals surface area contributed by atoms with Gasteiger partial charge >= 0.3 is 27.9 Å². The van der Waals surface area contributed by atoms with Gasteiger partial charge in [-0.15, -0.1) is 41.3 Å². The van der Waals surface area contributed by atoms with Crippen LogP contribution in [0, 0.1) is 12.1 Å². The maximum absolute atomic E-state index is 6.51. The van der Waals surface area contributed by atoms with Gasteiger partial charge in [-0.3, -0.25) is 4.98 Å². The summed E-state index contributed by atoms with van der Waals surface area (Å²) < 4.78 is 11.0. The van der Waals surface area contributed by atoms with E-state index < -0.39 is 0 Å². The number of rotatable bonds is 5. The van der Waals surface area contributed by atoms with Crippen molar-refractivity contribution in [2.75, 3.05) is 0 Å². The molecule has 5 nitrogen and oxygen atoms in total. The van der Waals surface area contributed by atoms with Crippen LogP contribution < -0.4 is 15.7 Å². The van der Waals surface area contributed by atoms with E-state index in [1.807, 2.05) is 55.0 Å². The summed E-state index contributed by atoms with van der Waals surface area (Å²) in [5, 5.41) is 2.23. The van der Waals surface area contributed by atoms with Gasteiger partial charge in [-0.1, -0.05) is 120 Å². The Labute approximate surface area is 310 Å². The third-order valence-electron chi connectivity index (χ3n) is 9.59. The Morgan fingerprint density at radius 2 is 1.31 bits per heavy atom. The number of nitrogens with zero attached hydrogens (tertiary/aromatic N) is 4. The number of para-hydroxylation sites is 1. The molecule has 0 amide bonds. The first-order chi connectivity index (χ1) is 24.8.